The fourth-order valence-corrected chi connectivity index (χ4v) is 2.21. The van der Waals surface area contributed by atoms with Crippen molar-refractivity contribution >= 4 is 34.4 Å². The molecule has 0 fully saturated rings. The lowest BCUT2D eigenvalue weighted by Gasteiger charge is -2.03. The van der Waals surface area contributed by atoms with Gasteiger partial charge in [0.2, 0.25) is 0 Å². The Balaban J connectivity index is 0.000000220. The second-order valence-electron chi connectivity index (χ2n) is 4.86. The van der Waals surface area contributed by atoms with Gasteiger partial charge in [0.1, 0.15) is 0 Å². The highest BCUT2D eigenvalue weighted by molar-refractivity contribution is 7.17. The molecule has 22 heavy (non-hydrogen) atoms. The van der Waals surface area contributed by atoms with Crippen molar-refractivity contribution in [2.75, 3.05) is 11.1 Å². The van der Waals surface area contributed by atoms with Crippen molar-refractivity contribution < 1.29 is 14.7 Å². The minimum absolute atomic E-state index is 0.230. The summed E-state index contributed by atoms with van der Waals surface area (Å²) >= 11 is 1.37. The number of carbonyl (C=O) groups is 2. The Kier molecular flexibility index (Phi) is 6.52. The Hall–Kier alpha value is -2.41. The minimum atomic E-state index is -0.947. The number of aromatic carboxylic acids is 1. The first-order valence-electron chi connectivity index (χ1n) is 6.60. The molecule has 0 saturated heterocycles. The number of benzene rings is 1. The number of aryl methyl sites for hydroxylation is 1. The van der Waals surface area contributed by atoms with Crippen LogP contribution < -0.4 is 11.1 Å². The van der Waals surface area contributed by atoms with Crippen LogP contribution in [-0.2, 0) is 0 Å². The van der Waals surface area contributed by atoms with Crippen LogP contribution in [0.4, 0.5) is 10.8 Å². The van der Waals surface area contributed by atoms with Crippen LogP contribution >= 0.6 is 11.3 Å². The molecule has 0 radical (unpaired) electrons. The van der Waals surface area contributed by atoms with Gasteiger partial charge in [-0.05, 0) is 38.5 Å². The number of hydrogen-bond acceptors (Lipinski definition) is 6. The maximum atomic E-state index is 10.4. The van der Waals surface area contributed by atoms with E-state index in [4.69, 9.17) is 10.8 Å². The number of nitrogens with two attached hydrogens (primary N) is 1. The minimum Gasteiger partial charge on any atom is -0.478 e. The van der Waals surface area contributed by atoms with E-state index in [-0.39, 0.29) is 5.56 Å². The molecule has 4 N–H and O–H groups in total. The Morgan fingerprint density at radius 3 is 2.59 bits per heavy atom. The van der Waals surface area contributed by atoms with Crippen LogP contribution in [0.5, 0.6) is 0 Å². The molecule has 0 aliphatic rings. The van der Waals surface area contributed by atoms with Gasteiger partial charge in [-0.3, -0.25) is 4.79 Å². The molecule has 0 amide bonds. The molecule has 1 aromatic carbocycles. The van der Waals surface area contributed by atoms with Crippen LogP contribution in [0.2, 0.25) is 0 Å². The fraction of sp³-hybridized carbons (Fsp3) is 0.267. The van der Waals surface area contributed by atoms with E-state index in [9.17, 15) is 9.59 Å². The number of aromatic nitrogens is 1. The van der Waals surface area contributed by atoms with Gasteiger partial charge >= 0.3 is 5.97 Å². The lowest BCUT2D eigenvalue weighted by molar-refractivity contribution is 0.0696. The monoisotopic (exact) mass is 321 g/mol. The van der Waals surface area contributed by atoms with E-state index in [1.54, 1.807) is 12.3 Å². The summed E-state index contributed by atoms with van der Waals surface area (Å²) in [6, 6.07) is 5.05. The van der Waals surface area contributed by atoms with E-state index in [0.29, 0.717) is 16.6 Å². The third-order valence-corrected chi connectivity index (χ3v) is 3.43. The summed E-state index contributed by atoms with van der Waals surface area (Å²) in [5.74, 6) is -0.947. The smallest absolute Gasteiger partial charge is 0.335 e. The molecule has 1 aromatic heterocycles. The maximum Gasteiger partial charge on any atom is 0.335 e. The van der Waals surface area contributed by atoms with Crippen molar-refractivity contribution in [2.24, 2.45) is 0 Å². The number of nitrogen functional groups attached to an aromatic ring is 1. The molecule has 7 heteroatoms. The molecule has 2 aromatic rings. The van der Waals surface area contributed by atoms with Gasteiger partial charge in [0.15, 0.2) is 11.4 Å². The molecule has 0 atom stereocenters. The molecular formula is C15H19N3O3S. The van der Waals surface area contributed by atoms with Gasteiger partial charge in [0.05, 0.1) is 16.6 Å². The molecular weight excluding hydrogens is 302 g/mol. The number of nitrogens with one attached hydrogen (secondary N) is 1. The number of carbonyl (C=O) groups excluding carboxylic acids is 1. The van der Waals surface area contributed by atoms with E-state index in [1.807, 2.05) is 20.8 Å². The topological polar surface area (TPSA) is 105 Å². The molecule has 0 aliphatic carbocycles. The number of anilines is 2. The summed E-state index contributed by atoms with van der Waals surface area (Å²) in [5.41, 5.74) is 7.14. The first-order chi connectivity index (χ1) is 10.3. The van der Waals surface area contributed by atoms with E-state index >= 15 is 0 Å². The standard InChI is InChI=1S/C8H9NO2.C7H10N2OS/c1-5-2-3-6(8(10)11)4-7(5)9;1-5(2)9-7-8-3-6(4-10)11-7/h2-4H,9H2,1H3,(H,10,11);3-5H,1-2H3,(H,8,9). The average Bonchev–Trinajstić information content (AvgIpc) is 2.89. The van der Waals surface area contributed by atoms with Gasteiger partial charge in [-0.2, -0.15) is 0 Å². The molecule has 118 valence electrons. The summed E-state index contributed by atoms with van der Waals surface area (Å²) in [6.07, 6.45) is 2.38. The Morgan fingerprint density at radius 1 is 1.45 bits per heavy atom. The Bertz CT molecular complexity index is 653. The average molecular weight is 321 g/mol. The van der Waals surface area contributed by atoms with Gasteiger partial charge in [-0.1, -0.05) is 17.4 Å². The van der Waals surface area contributed by atoms with Gasteiger partial charge in [-0.15, -0.1) is 0 Å². The van der Waals surface area contributed by atoms with Crippen LogP contribution in [0.3, 0.4) is 0 Å². The first kappa shape index (κ1) is 17.6. The van der Waals surface area contributed by atoms with Crippen LogP contribution in [0.25, 0.3) is 0 Å². The third kappa shape index (κ3) is 5.53. The Labute approximate surface area is 133 Å². The molecule has 0 aliphatic heterocycles. The number of carboxylic acids is 1. The zero-order chi connectivity index (χ0) is 16.7. The van der Waals surface area contributed by atoms with Crippen molar-refractivity contribution in [3.05, 3.63) is 40.4 Å². The van der Waals surface area contributed by atoms with Crippen molar-refractivity contribution in [3.8, 4) is 0 Å². The van der Waals surface area contributed by atoms with Crippen molar-refractivity contribution in [1.82, 2.24) is 4.98 Å². The van der Waals surface area contributed by atoms with Crippen molar-refractivity contribution in [3.63, 3.8) is 0 Å². The van der Waals surface area contributed by atoms with Crippen LogP contribution in [0, 0.1) is 6.92 Å². The van der Waals surface area contributed by atoms with E-state index in [2.05, 4.69) is 10.3 Å². The number of thiazole rings is 1. The molecule has 1 heterocycles. The summed E-state index contributed by atoms with van der Waals surface area (Å²) in [6.45, 7) is 5.89. The van der Waals surface area contributed by atoms with E-state index in [1.165, 1.54) is 23.5 Å². The van der Waals surface area contributed by atoms with E-state index < -0.39 is 5.97 Å². The van der Waals surface area contributed by atoms with Crippen LogP contribution in [0.1, 0.15) is 39.4 Å². The molecule has 0 saturated carbocycles. The summed E-state index contributed by atoms with van der Waals surface area (Å²) in [5, 5.41) is 12.5. The molecule has 6 nitrogen and oxygen atoms in total. The van der Waals surface area contributed by atoms with Gasteiger partial charge in [0.25, 0.3) is 0 Å². The predicted octanol–water partition coefficient (Wildman–Crippen LogP) is 3.05. The Morgan fingerprint density at radius 2 is 2.14 bits per heavy atom. The normalized spacial score (nSPS) is 9.82. The second-order valence-corrected chi connectivity index (χ2v) is 5.92. The fourth-order valence-electron chi connectivity index (χ4n) is 1.43. The number of nitrogens with zero attached hydrogens (tertiary/aromatic N) is 1. The number of rotatable bonds is 4. The summed E-state index contributed by atoms with van der Waals surface area (Å²) < 4.78 is 0. The molecule has 0 bridgehead atoms. The summed E-state index contributed by atoms with van der Waals surface area (Å²) in [4.78, 5) is 25.3. The SMILES string of the molecule is CC(C)Nc1ncc(C=O)s1.Cc1ccc(C(=O)O)cc1N. The highest BCUT2D eigenvalue weighted by Gasteiger charge is 2.02. The third-order valence-electron chi connectivity index (χ3n) is 2.58. The lowest BCUT2D eigenvalue weighted by atomic mass is 10.1. The first-order valence-corrected chi connectivity index (χ1v) is 7.42. The summed E-state index contributed by atoms with van der Waals surface area (Å²) in [7, 11) is 0. The van der Waals surface area contributed by atoms with Crippen LogP contribution in [0.15, 0.2) is 24.4 Å². The van der Waals surface area contributed by atoms with E-state index in [0.717, 1.165) is 17.0 Å². The molecule has 0 unspecified atom stereocenters. The number of aldehydes is 1. The van der Waals surface area contributed by atoms with Crippen molar-refractivity contribution in [1.29, 1.82) is 0 Å². The quantitative estimate of drug-likeness (QED) is 0.590. The molecule has 2 rings (SSSR count). The van der Waals surface area contributed by atoms with Crippen molar-refractivity contribution in [2.45, 2.75) is 26.8 Å². The number of hydrogen-bond donors (Lipinski definition) is 3. The lowest BCUT2D eigenvalue weighted by Crippen LogP contribution is -2.08. The molecule has 0 spiro atoms. The highest BCUT2D eigenvalue weighted by atomic mass is 32.1. The second kappa shape index (κ2) is 8.14. The highest BCUT2D eigenvalue weighted by Crippen LogP contribution is 2.16. The van der Waals surface area contributed by atoms with Gasteiger partial charge in [0, 0.05) is 11.7 Å². The zero-order valence-corrected chi connectivity index (χ0v) is 13.5. The van der Waals surface area contributed by atoms with Gasteiger partial charge in [-0.25, -0.2) is 9.78 Å². The van der Waals surface area contributed by atoms with Gasteiger partial charge < -0.3 is 16.2 Å². The van der Waals surface area contributed by atoms with Crippen LogP contribution in [-0.4, -0.2) is 28.4 Å². The zero-order valence-electron chi connectivity index (χ0n) is 12.7. The number of carboxylic acid groups (broad SMARTS) is 1. The maximum absolute atomic E-state index is 10.4. The predicted molar refractivity (Wildman–Crippen MR) is 88.8 cm³/mol. The largest absolute Gasteiger partial charge is 0.478 e.